The molecule has 0 fully saturated rings. The molecule has 9 heteroatoms. The van der Waals surface area contributed by atoms with Gasteiger partial charge in [0, 0.05) is 19.5 Å². The van der Waals surface area contributed by atoms with Crippen LogP contribution in [0.15, 0.2) is 57.7 Å². The predicted molar refractivity (Wildman–Crippen MR) is 144 cm³/mol. The number of carbonyl (C=O) groups excluding carboxylic acids is 1. The number of phenolic OH excluding ortho intramolecular Hbond substituents is 1. The summed E-state index contributed by atoms with van der Waals surface area (Å²) in [6, 6.07) is 13.2. The summed E-state index contributed by atoms with van der Waals surface area (Å²) in [6.45, 7) is 5.75. The fraction of sp³-hybridized carbons (Fsp3) is 0.345. The number of aromatic hydroxyl groups is 2. The molecule has 0 saturated carbocycles. The first-order chi connectivity index (χ1) is 18.1. The second-order valence-electron chi connectivity index (χ2n) is 9.89. The number of fused-ring (bicyclic) bond motifs is 1. The molecule has 4 aromatic rings. The summed E-state index contributed by atoms with van der Waals surface area (Å²) >= 11 is 0. The summed E-state index contributed by atoms with van der Waals surface area (Å²) in [5, 5.41) is 23.8. The van der Waals surface area contributed by atoms with Gasteiger partial charge in [-0.25, -0.2) is 4.98 Å². The fourth-order valence-corrected chi connectivity index (χ4v) is 4.75. The van der Waals surface area contributed by atoms with E-state index in [4.69, 9.17) is 14.1 Å². The van der Waals surface area contributed by atoms with Crippen LogP contribution in [0.4, 0.5) is 0 Å². The lowest BCUT2D eigenvalue weighted by Crippen LogP contribution is -2.32. The van der Waals surface area contributed by atoms with Crippen molar-refractivity contribution in [2.75, 3.05) is 7.11 Å². The summed E-state index contributed by atoms with van der Waals surface area (Å²) < 4.78 is 13.0. The van der Waals surface area contributed by atoms with Gasteiger partial charge in [-0.2, -0.15) is 0 Å². The van der Waals surface area contributed by atoms with Crippen molar-refractivity contribution in [2.45, 2.75) is 45.6 Å². The summed E-state index contributed by atoms with van der Waals surface area (Å²) in [5.41, 5.74) is 1.74. The van der Waals surface area contributed by atoms with Gasteiger partial charge in [-0.3, -0.25) is 9.59 Å². The molecule has 0 aliphatic heterocycles. The molecule has 0 bridgehead atoms. The Kier molecular flexibility index (Phi) is 7.75. The summed E-state index contributed by atoms with van der Waals surface area (Å²) in [7, 11) is 3.34. The second kappa shape index (κ2) is 11.0. The van der Waals surface area contributed by atoms with E-state index < -0.39 is 17.1 Å². The maximum atomic E-state index is 13.6. The molecule has 0 spiro atoms. The lowest BCUT2D eigenvalue weighted by atomic mass is 9.91. The molecule has 9 nitrogen and oxygen atoms in total. The van der Waals surface area contributed by atoms with Crippen molar-refractivity contribution in [3.05, 3.63) is 81.7 Å². The van der Waals surface area contributed by atoms with E-state index in [0.29, 0.717) is 17.7 Å². The Bertz CT molecular complexity index is 1520. The van der Waals surface area contributed by atoms with E-state index in [1.807, 2.05) is 35.9 Å². The Morgan fingerprint density at radius 3 is 2.58 bits per heavy atom. The molecule has 38 heavy (non-hydrogen) atoms. The number of phenols is 1. The lowest BCUT2D eigenvalue weighted by Gasteiger charge is -2.23. The van der Waals surface area contributed by atoms with E-state index in [0.717, 1.165) is 16.9 Å². The number of hydrogen-bond acceptors (Lipinski definition) is 7. The minimum atomic E-state index is -0.822. The molecule has 200 valence electrons. The van der Waals surface area contributed by atoms with Gasteiger partial charge in [-0.1, -0.05) is 32.0 Å². The van der Waals surface area contributed by atoms with Crippen LogP contribution in [0.25, 0.3) is 11.0 Å². The number of aromatic nitrogens is 2. The van der Waals surface area contributed by atoms with Gasteiger partial charge in [0.05, 0.1) is 30.1 Å². The van der Waals surface area contributed by atoms with Crippen LogP contribution in [0.1, 0.15) is 61.6 Å². The molecule has 4 rings (SSSR count). The third-order valence-corrected chi connectivity index (χ3v) is 6.56. The number of amides is 1. The normalized spacial score (nSPS) is 13.0. The van der Waals surface area contributed by atoms with E-state index in [1.54, 1.807) is 19.1 Å². The molecular formula is C29H33N3O6. The van der Waals surface area contributed by atoms with Gasteiger partial charge in [0.25, 0.3) is 0 Å². The van der Waals surface area contributed by atoms with Crippen LogP contribution < -0.4 is 15.5 Å². The van der Waals surface area contributed by atoms with E-state index in [1.165, 1.54) is 19.2 Å². The smallest absolute Gasteiger partial charge is 0.227 e. The molecule has 2 aromatic heterocycles. The first-order valence-electron chi connectivity index (χ1n) is 12.5. The maximum Gasteiger partial charge on any atom is 0.227 e. The van der Waals surface area contributed by atoms with E-state index in [-0.39, 0.29) is 41.5 Å². The predicted octanol–water partition coefficient (Wildman–Crippen LogP) is 4.68. The van der Waals surface area contributed by atoms with Gasteiger partial charge in [0.2, 0.25) is 17.1 Å². The molecule has 0 aliphatic carbocycles. The van der Waals surface area contributed by atoms with Crippen molar-refractivity contribution in [3.63, 3.8) is 0 Å². The molecule has 1 amide bonds. The number of benzene rings is 2. The number of rotatable bonds is 9. The fourth-order valence-electron chi connectivity index (χ4n) is 4.75. The third kappa shape index (κ3) is 5.51. The average molecular weight is 520 g/mol. The Labute approximate surface area is 220 Å². The topological polar surface area (TPSA) is 127 Å². The van der Waals surface area contributed by atoms with Gasteiger partial charge < -0.3 is 29.3 Å². The number of ether oxygens (including phenoxy) is 1. The highest BCUT2D eigenvalue weighted by Gasteiger charge is 2.29. The van der Waals surface area contributed by atoms with Crippen molar-refractivity contribution in [1.29, 1.82) is 0 Å². The summed E-state index contributed by atoms with van der Waals surface area (Å²) in [5.74, 6) is -0.294. The summed E-state index contributed by atoms with van der Waals surface area (Å²) in [4.78, 5) is 30.7. The van der Waals surface area contributed by atoms with Crippen molar-refractivity contribution < 1.29 is 24.2 Å². The third-order valence-electron chi connectivity index (χ3n) is 6.56. The molecule has 1 unspecified atom stereocenters. The minimum absolute atomic E-state index is 0.0268. The molecule has 3 N–H and O–H groups in total. The van der Waals surface area contributed by atoms with Crippen LogP contribution in [0.2, 0.25) is 0 Å². The van der Waals surface area contributed by atoms with E-state index in [2.05, 4.69) is 19.2 Å². The number of nitrogens with zero attached hydrogens (tertiary/aromatic N) is 2. The standard InChI is InChI=1S/C29H33N3O6/c1-16(2)12-21(29-31-20-8-6-7-9-22(20)32(29)4)30-26(35)15-19(18-10-11-23(33)25(14-18)37-5)28-27(36)24(34)13-17(3)38-28/h6-11,13-14,16,19,21,33,36H,12,15H2,1-5H3,(H,30,35)/t19?,21-/m0/s1. The van der Waals surface area contributed by atoms with Crippen LogP contribution in [0.3, 0.4) is 0 Å². The number of aryl methyl sites for hydroxylation is 2. The van der Waals surface area contributed by atoms with Crippen molar-refractivity contribution >= 4 is 16.9 Å². The number of imidazole rings is 1. The van der Waals surface area contributed by atoms with Gasteiger partial charge in [0.15, 0.2) is 17.3 Å². The number of carbonyl (C=O) groups is 1. The van der Waals surface area contributed by atoms with Gasteiger partial charge in [-0.05, 0) is 49.1 Å². The summed E-state index contributed by atoms with van der Waals surface area (Å²) in [6.07, 6.45) is 0.526. The second-order valence-corrected chi connectivity index (χ2v) is 9.89. The average Bonchev–Trinajstić information content (AvgIpc) is 3.21. The highest BCUT2D eigenvalue weighted by molar-refractivity contribution is 5.79. The number of para-hydroxylation sites is 2. The number of methoxy groups -OCH3 is 1. The zero-order valence-electron chi connectivity index (χ0n) is 22.2. The van der Waals surface area contributed by atoms with Crippen LogP contribution >= 0.6 is 0 Å². The molecule has 0 saturated heterocycles. The Hall–Kier alpha value is -4.27. The largest absolute Gasteiger partial charge is 0.504 e. The van der Waals surface area contributed by atoms with Gasteiger partial charge >= 0.3 is 0 Å². The number of hydrogen-bond donors (Lipinski definition) is 3. The van der Waals surface area contributed by atoms with Crippen molar-refractivity contribution in [2.24, 2.45) is 13.0 Å². The van der Waals surface area contributed by atoms with Crippen LogP contribution in [0, 0.1) is 12.8 Å². The van der Waals surface area contributed by atoms with E-state index >= 15 is 0 Å². The van der Waals surface area contributed by atoms with Crippen LogP contribution in [-0.4, -0.2) is 32.8 Å². The van der Waals surface area contributed by atoms with Crippen LogP contribution in [0.5, 0.6) is 17.2 Å². The maximum absolute atomic E-state index is 13.6. The Morgan fingerprint density at radius 2 is 1.89 bits per heavy atom. The van der Waals surface area contributed by atoms with Gasteiger partial charge in [-0.15, -0.1) is 0 Å². The molecular weight excluding hydrogens is 486 g/mol. The lowest BCUT2D eigenvalue weighted by molar-refractivity contribution is -0.122. The van der Waals surface area contributed by atoms with E-state index in [9.17, 15) is 19.8 Å². The first-order valence-corrected chi connectivity index (χ1v) is 12.5. The van der Waals surface area contributed by atoms with Crippen LogP contribution in [-0.2, 0) is 11.8 Å². The van der Waals surface area contributed by atoms with Crippen molar-refractivity contribution in [1.82, 2.24) is 14.9 Å². The molecule has 2 aromatic carbocycles. The quantitative estimate of drug-likeness (QED) is 0.293. The first kappa shape index (κ1) is 26.8. The Balaban J connectivity index is 1.72. The highest BCUT2D eigenvalue weighted by Crippen LogP contribution is 2.37. The SMILES string of the molecule is COc1cc(C(CC(=O)N[C@@H](CC(C)C)c2nc3ccccc3n2C)c2oc(C)cc(=O)c2O)ccc1O. The molecule has 0 aliphatic rings. The minimum Gasteiger partial charge on any atom is -0.504 e. The van der Waals surface area contributed by atoms with Crippen molar-refractivity contribution in [3.8, 4) is 17.2 Å². The molecule has 2 heterocycles. The zero-order chi connectivity index (χ0) is 27.6. The number of nitrogens with one attached hydrogen (secondary N) is 1. The zero-order valence-corrected chi connectivity index (χ0v) is 22.2. The van der Waals surface area contributed by atoms with Gasteiger partial charge in [0.1, 0.15) is 11.6 Å². The Morgan fingerprint density at radius 1 is 1.16 bits per heavy atom. The highest BCUT2D eigenvalue weighted by atomic mass is 16.5. The molecule has 0 radical (unpaired) electrons. The molecule has 2 atom stereocenters. The monoisotopic (exact) mass is 519 g/mol.